The molecule has 0 radical (unpaired) electrons. The SMILES string of the molecule is COc1cc(N(C)C)ccc1[C@@H]1C=C(O[Si](C(C)C)(C(C)C)C(C)C)CC[C@@H]1C. The zero-order valence-electron chi connectivity index (χ0n) is 20.4. The van der Waals surface area contributed by atoms with Crippen LogP contribution >= 0.6 is 0 Å². The van der Waals surface area contributed by atoms with Crippen molar-refractivity contribution in [3.63, 3.8) is 0 Å². The summed E-state index contributed by atoms with van der Waals surface area (Å²) in [7, 11) is 3.99. The second-order valence-electron chi connectivity index (χ2n) is 9.92. The number of benzene rings is 1. The molecule has 0 N–H and O–H groups in total. The van der Waals surface area contributed by atoms with Crippen molar-refractivity contribution in [2.45, 2.75) is 83.8 Å². The average Bonchev–Trinajstić information content (AvgIpc) is 2.65. The molecule has 0 amide bonds. The summed E-state index contributed by atoms with van der Waals surface area (Å²) in [5.74, 6) is 3.11. The van der Waals surface area contributed by atoms with Crippen molar-refractivity contribution in [2.24, 2.45) is 5.92 Å². The Hall–Kier alpha value is -1.42. The number of methoxy groups -OCH3 is 1. The van der Waals surface area contributed by atoms with Crippen molar-refractivity contribution in [1.29, 1.82) is 0 Å². The third kappa shape index (κ3) is 4.84. The van der Waals surface area contributed by atoms with E-state index in [2.05, 4.69) is 91.7 Å². The fourth-order valence-corrected chi connectivity index (χ4v) is 10.6. The van der Waals surface area contributed by atoms with Crippen LogP contribution in [-0.4, -0.2) is 29.5 Å². The molecule has 1 aliphatic carbocycles. The molecule has 0 bridgehead atoms. The van der Waals surface area contributed by atoms with E-state index in [0.29, 0.717) is 28.5 Å². The predicted octanol–water partition coefficient (Wildman–Crippen LogP) is 7.35. The van der Waals surface area contributed by atoms with Gasteiger partial charge in [0.1, 0.15) is 5.75 Å². The molecule has 0 saturated heterocycles. The maximum atomic E-state index is 7.05. The zero-order chi connectivity index (χ0) is 21.9. The van der Waals surface area contributed by atoms with Crippen LogP contribution in [0.3, 0.4) is 0 Å². The molecule has 0 spiro atoms. The third-order valence-corrected chi connectivity index (χ3v) is 13.0. The summed E-state index contributed by atoms with van der Waals surface area (Å²) < 4.78 is 12.9. The van der Waals surface area contributed by atoms with Crippen LogP contribution in [-0.2, 0) is 4.43 Å². The van der Waals surface area contributed by atoms with Gasteiger partial charge in [-0.1, -0.05) is 54.5 Å². The molecule has 0 aliphatic heterocycles. The highest BCUT2D eigenvalue weighted by molar-refractivity contribution is 6.77. The van der Waals surface area contributed by atoms with Crippen LogP contribution in [0.25, 0.3) is 0 Å². The Morgan fingerprint density at radius 2 is 1.59 bits per heavy atom. The van der Waals surface area contributed by atoms with Gasteiger partial charge in [0.05, 0.1) is 12.9 Å². The van der Waals surface area contributed by atoms with Crippen molar-refractivity contribution in [2.75, 3.05) is 26.1 Å². The van der Waals surface area contributed by atoms with Gasteiger partial charge in [-0.05, 0) is 41.1 Å². The number of ether oxygens (including phenoxy) is 1. The van der Waals surface area contributed by atoms with Crippen molar-refractivity contribution in [3.8, 4) is 5.75 Å². The summed E-state index contributed by atoms with van der Waals surface area (Å²) in [5, 5.41) is 0. The molecule has 0 heterocycles. The van der Waals surface area contributed by atoms with Gasteiger partial charge < -0.3 is 14.1 Å². The minimum Gasteiger partial charge on any atom is -0.546 e. The molecule has 1 aliphatic rings. The summed E-state index contributed by atoms with van der Waals surface area (Å²) in [5.41, 5.74) is 4.22. The summed E-state index contributed by atoms with van der Waals surface area (Å²) in [6.07, 6.45) is 4.63. The molecule has 164 valence electrons. The minimum atomic E-state index is -1.92. The number of anilines is 1. The summed E-state index contributed by atoms with van der Waals surface area (Å²) >= 11 is 0. The first-order chi connectivity index (χ1) is 13.5. The van der Waals surface area contributed by atoms with Gasteiger partial charge in [0.2, 0.25) is 0 Å². The highest BCUT2D eigenvalue weighted by Gasteiger charge is 2.47. The van der Waals surface area contributed by atoms with E-state index in [0.717, 1.165) is 18.6 Å². The van der Waals surface area contributed by atoms with E-state index >= 15 is 0 Å². The van der Waals surface area contributed by atoms with Gasteiger partial charge in [-0.25, -0.2) is 0 Å². The first-order valence-electron chi connectivity index (χ1n) is 11.3. The van der Waals surface area contributed by atoms with Crippen LogP contribution in [0.15, 0.2) is 30.0 Å². The highest BCUT2D eigenvalue weighted by atomic mass is 28.4. The lowest BCUT2D eigenvalue weighted by molar-refractivity contribution is 0.310. The number of rotatable bonds is 8. The molecule has 1 aromatic rings. The molecule has 2 atom stereocenters. The molecule has 2 rings (SSSR count). The first kappa shape index (κ1) is 23.9. The number of nitrogens with zero attached hydrogens (tertiary/aromatic N) is 1. The smallest absolute Gasteiger partial charge is 0.258 e. The Balaban J connectivity index is 2.44. The van der Waals surface area contributed by atoms with Gasteiger partial charge in [-0.2, -0.15) is 0 Å². The van der Waals surface area contributed by atoms with E-state index in [1.807, 2.05) is 0 Å². The summed E-state index contributed by atoms with van der Waals surface area (Å²) in [6, 6.07) is 6.59. The van der Waals surface area contributed by atoms with E-state index in [1.54, 1.807) is 7.11 Å². The molecule has 0 unspecified atom stereocenters. The molecule has 0 aromatic heterocycles. The topological polar surface area (TPSA) is 21.7 Å². The Labute approximate surface area is 180 Å². The molecule has 1 aromatic carbocycles. The van der Waals surface area contributed by atoms with Crippen LogP contribution < -0.4 is 9.64 Å². The standard InChI is InChI=1S/C25H43NO2Si/c1-17(2)29(18(3)4,19(5)6)28-22-13-11-20(7)24(16-22)23-14-12-21(26(8)9)15-25(23)27-10/h12,14-20,24H,11,13H2,1-10H3/t20-,24+/m0/s1. The molecule has 0 fully saturated rings. The highest BCUT2D eigenvalue weighted by Crippen LogP contribution is 2.47. The predicted molar refractivity (Wildman–Crippen MR) is 129 cm³/mol. The Morgan fingerprint density at radius 1 is 1.00 bits per heavy atom. The average molecular weight is 418 g/mol. The second kappa shape index (κ2) is 9.59. The van der Waals surface area contributed by atoms with Crippen LogP contribution in [0, 0.1) is 5.92 Å². The van der Waals surface area contributed by atoms with E-state index < -0.39 is 8.32 Å². The van der Waals surface area contributed by atoms with E-state index in [4.69, 9.17) is 9.16 Å². The Bertz CT molecular complexity index is 687. The molecule has 4 heteroatoms. The van der Waals surface area contributed by atoms with Crippen LogP contribution in [0.4, 0.5) is 5.69 Å². The van der Waals surface area contributed by atoms with Crippen molar-refractivity contribution in [1.82, 2.24) is 0 Å². The normalized spacial score (nSPS) is 20.2. The van der Waals surface area contributed by atoms with Gasteiger partial charge in [0.15, 0.2) is 0 Å². The quantitative estimate of drug-likeness (QED) is 0.413. The van der Waals surface area contributed by atoms with Crippen molar-refractivity contribution < 1.29 is 9.16 Å². The van der Waals surface area contributed by atoms with Gasteiger partial charge in [0.25, 0.3) is 8.32 Å². The first-order valence-corrected chi connectivity index (χ1v) is 13.4. The maximum absolute atomic E-state index is 7.05. The van der Waals surface area contributed by atoms with Gasteiger partial charge in [-0.15, -0.1) is 0 Å². The molecular formula is C25H43NO2Si. The third-order valence-electron chi connectivity index (χ3n) is 6.93. The molecule has 0 saturated carbocycles. The van der Waals surface area contributed by atoms with Crippen LogP contribution in [0.5, 0.6) is 5.75 Å². The van der Waals surface area contributed by atoms with Crippen molar-refractivity contribution in [3.05, 3.63) is 35.6 Å². The van der Waals surface area contributed by atoms with E-state index in [9.17, 15) is 0 Å². The second-order valence-corrected chi connectivity index (χ2v) is 15.3. The lowest BCUT2D eigenvalue weighted by Gasteiger charge is -2.44. The zero-order valence-corrected chi connectivity index (χ0v) is 21.4. The fraction of sp³-hybridized carbons (Fsp3) is 0.680. The summed E-state index contributed by atoms with van der Waals surface area (Å²) in [6.45, 7) is 16.5. The fourth-order valence-electron chi connectivity index (χ4n) is 5.31. The lowest BCUT2D eigenvalue weighted by Crippen LogP contribution is -2.47. The maximum Gasteiger partial charge on any atom is 0.258 e. The Morgan fingerprint density at radius 3 is 2.07 bits per heavy atom. The van der Waals surface area contributed by atoms with Gasteiger partial charge in [0, 0.05) is 43.8 Å². The molecule has 29 heavy (non-hydrogen) atoms. The summed E-state index contributed by atoms with van der Waals surface area (Å²) in [4.78, 5) is 2.12. The molecule has 3 nitrogen and oxygen atoms in total. The number of allylic oxidation sites excluding steroid dienone is 2. The Kier molecular flexibility index (Phi) is 7.89. The van der Waals surface area contributed by atoms with Crippen LogP contribution in [0.1, 0.15) is 72.8 Å². The van der Waals surface area contributed by atoms with Gasteiger partial charge >= 0.3 is 0 Å². The number of hydrogen-bond donors (Lipinski definition) is 0. The number of hydrogen-bond acceptors (Lipinski definition) is 3. The molecular weight excluding hydrogens is 374 g/mol. The lowest BCUT2D eigenvalue weighted by atomic mass is 9.79. The van der Waals surface area contributed by atoms with Crippen molar-refractivity contribution >= 4 is 14.0 Å². The van der Waals surface area contributed by atoms with E-state index in [-0.39, 0.29) is 0 Å². The monoisotopic (exact) mass is 417 g/mol. The minimum absolute atomic E-state index is 0.336. The van der Waals surface area contributed by atoms with Crippen LogP contribution in [0.2, 0.25) is 16.6 Å². The van der Waals surface area contributed by atoms with E-state index in [1.165, 1.54) is 17.0 Å². The van der Waals surface area contributed by atoms with Gasteiger partial charge in [-0.3, -0.25) is 0 Å². The largest absolute Gasteiger partial charge is 0.546 e.